The zero-order chi connectivity index (χ0) is 16.8. The second kappa shape index (κ2) is 5.05. The van der Waals surface area contributed by atoms with Gasteiger partial charge in [-0.3, -0.25) is 9.59 Å². The van der Waals surface area contributed by atoms with Gasteiger partial charge in [-0.15, -0.1) is 0 Å². The zero-order valence-corrected chi connectivity index (χ0v) is 12.9. The van der Waals surface area contributed by atoms with E-state index in [1.165, 1.54) is 18.5 Å². The number of imidazole rings is 1. The predicted molar refractivity (Wildman–Crippen MR) is 79.3 cm³/mol. The summed E-state index contributed by atoms with van der Waals surface area (Å²) in [4.78, 5) is 46.1. The van der Waals surface area contributed by atoms with Crippen molar-refractivity contribution in [1.82, 2.24) is 14.6 Å². The number of carbonyl (C=O) groups is 3. The van der Waals surface area contributed by atoms with Crippen molar-refractivity contribution >= 4 is 17.8 Å². The topological polar surface area (TPSA) is 81.5 Å². The van der Waals surface area contributed by atoms with Gasteiger partial charge in [-0.1, -0.05) is 17.2 Å². The van der Waals surface area contributed by atoms with Gasteiger partial charge >= 0.3 is 5.97 Å². The van der Waals surface area contributed by atoms with Crippen LogP contribution in [0.1, 0.15) is 40.3 Å². The maximum absolute atomic E-state index is 12.5. The molecule has 0 spiro atoms. The number of hydrogen-bond acceptors (Lipinski definition) is 5. The molecule has 2 amide bonds. The molecule has 1 aromatic heterocycles. The van der Waals surface area contributed by atoms with Gasteiger partial charge in [-0.25, -0.2) is 9.78 Å². The first-order chi connectivity index (χ1) is 10.8. The molecule has 0 bridgehead atoms. The van der Waals surface area contributed by atoms with Crippen molar-refractivity contribution in [2.24, 2.45) is 0 Å². The van der Waals surface area contributed by atoms with Crippen LogP contribution in [-0.2, 0) is 15.2 Å². The first-order valence-corrected chi connectivity index (χ1v) is 7.03. The van der Waals surface area contributed by atoms with E-state index >= 15 is 0 Å². The molecule has 0 unspecified atom stereocenters. The van der Waals surface area contributed by atoms with Gasteiger partial charge in [0.15, 0.2) is 0 Å². The lowest BCUT2D eigenvalue weighted by molar-refractivity contribution is -0.178. The lowest BCUT2D eigenvalue weighted by atomic mass is 10.1. The van der Waals surface area contributed by atoms with Crippen molar-refractivity contribution in [3.8, 4) is 0 Å². The number of hydroxylamine groups is 2. The van der Waals surface area contributed by atoms with Crippen molar-refractivity contribution in [2.45, 2.75) is 26.3 Å². The number of amides is 2. The number of carbonyl (C=O) groups excluding carboxylic acids is 3. The minimum Gasteiger partial charge on any atom is -0.327 e. The van der Waals surface area contributed by atoms with E-state index in [-0.39, 0.29) is 11.1 Å². The van der Waals surface area contributed by atoms with Crippen LogP contribution in [0.15, 0.2) is 36.8 Å². The van der Waals surface area contributed by atoms with Gasteiger partial charge in [0, 0.05) is 6.20 Å². The first-order valence-electron chi connectivity index (χ1n) is 7.03. The normalized spacial score (nSPS) is 14.1. The molecule has 2 aromatic rings. The van der Waals surface area contributed by atoms with E-state index in [4.69, 9.17) is 4.84 Å². The minimum absolute atomic E-state index is 0.224. The molecule has 0 N–H and O–H groups in total. The number of nitrogens with zero attached hydrogens (tertiary/aromatic N) is 3. The Morgan fingerprint density at radius 1 is 1.13 bits per heavy atom. The lowest BCUT2D eigenvalue weighted by Crippen LogP contribution is -2.43. The molecule has 7 heteroatoms. The van der Waals surface area contributed by atoms with Gasteiger partial charge in [0.05, 0.1) is 23.1 Å². The maximum atomic E-state index is 12.5. The van der Waals surface area contributed by atoms with E-state index < -0.39 is 23.3 Å². The van der Waals surface area contributed by atoms with E-state index in [1.807, 2.05) is 0 Å². The SMILES string of the molecule is Cc1cn(C(C)(C)C(=O)ON2C(=O)c3ccccc3C2=O)cn1. The van der Waals surface area contributed by atoms with Crippen LogP contribution in [0.5, 0.6) is 0 Å². The van der Waals surface area contributed by atoms with E-state index in [9.17, 15) is 14.4 Å². The average Bonchev–Trinajstić information content (AvgIpc) is 3.06. The molecular formula is C16H15N3O4. The minimum atomic E-state index is -1.11. The third-order valence-corrected chi connectivity index (χ3v) is 3.79. The summed E-state index contributed by atoms with van der Waals surface area (Å²) in [5.74, 6) is -2.02. The fourth-order valence-corrected chi connectivity index (χ4v) is 2.28. The molecule has 118 valence electrons. The summed E-state index contributed by atoms with van der Waals surface area (Å²) in [6.07, 6.45) is 3.18. The fourth-order valence-electron chi connectivity index (χ4n) is 2.28. The summed E-state index contributed by atoms with van der Waals surface area (Å²) >= 11 is 0. The molecule has 23 heavy (non-hydrogen) atoms. The van der Waals surface area contributed by atoms with Crippen LogP contribution in [0.4, 0.5) is 0 Å². The second-order valence-electron chi connectivity index (χ2n) is 5.81. The highest BCUT2D eigenvalue weighted by Crippen LogP contribution is 2.25. The van der Waals surface area contributed by atoms with Crippen molar-refractivity contribution in [2.75, 3.05) is 0 Å². The number of aryl methyl sites for hydroxylation is 1. The van der Waals surface area contributed by atoms with Crippen LogP contribution in [0.2, 0.25) is 0 Å². The monoisotopic (exact) mass is 313 g/mol. The van der Waals surface area contributed by atoms with Gasteiger partial charge in [-0.2, -0.15) is 0 Å². The van der Waals surface area contributed by atoms with Crippen LogP contribution in [0, 0.1) is 6.92 Å². The Morgan fingerprint density at radius 3 is 2.17 bits per heavy atom. The van der Waals surface area contributed by atoms with E-state index in [2.05, 4.69) is 4.98 Å². The standard InChI is InChI=1S/C16H15N3O4/c1-10-8-18(9-17-10)16(2,3)15(22)23-19-13(20)11-6-4-5-7-12(11)14(19)21/h4-9H,1-3H3. The van der Waals surface area contributed by atoms with Crippen LogP contribution in [0.3, 0.4) is 0 Å². The van der Waals surface area contributed by atoms with Crippen LogP contribution < -0.4 is 0 Å². The molecule has 0 atom stereocenters. The Kier molecular flexibility index (Phi) is 3.28. The molecule has 1 aliphatic heterocycles. The summed E-state index contributed by atoms with van der Waals surface area (Å²) in [5.41, 5.74) is 0.0751. The van der Waals surface area contributed by atoms with Crippen molar-refractivity contribution < 1.29 is 19.2 Å². The summed E-state index contributed by atoms with van der Waals surface area (Å²) in [6.45, 7) is 5.03. The average molecular weight is 313 g/mol. The summed E-state index contributed by atoms with van der Waals surface area (Å²) < 4.78 is 1.57. The molecule has 0 fully saturated rings. The first kappa shape index (κ1) is 15.0. The Labute approximate surface area is 132 Å². The molecule has 1 aliphatic rings. The molecule has 0 radical (unpaired) electrons. The number of hydrogen-bond donors (Lipinski definition) is 0. The molecule has 0 aliphatic carbocycles. The third kappa shape index (κ3) is 2.30. The van der Waals surface area contributed by atoms with Gasteiger partial charge in [0.1, 0.15) is 5.54 Å². The molecule has 3 rings (SSSR count). The molecule has 7 nitrogen and oxygen atoms in total. The van der Waals surface area contributed by atoms with Gasteiger partial charge in [0.2, 0.25) is 0 Å². The number of imide groups is 1. The van der Waals surface area contributed by atoms with Crippen molar-refractivity contribution in [3.05, 3.63) is 53.6 Å². The van der Waals surface area contributed by atoms with Crippen LogP contribution in [0.25, 0.3) is 0 Å². The smallest absolute Gasteiger partial charge is 0.327 e. The zero-order valence-electron chi connectivity index (χ0n) is 12.9. The molecule has 2 heterocycles. The van der Waals surface area contributed by atoms with Crippen molar-refractivity contribution in [3.63, 3.8) is 0 Å². The summed E-state index contributed by atoms with van der Waals surface area (Å²) in [7, 11) is 0. The van der Waals surface area contributed by atoms with E-state index in [0.29, 0.717) is 5.06 Å². The van der Waals surface area contributed by atoms with Crippen LogP contribution in [-0.4, -0.2) is 32.4 Å². The van der Waals surface area contributed by atoms with Gasteiger partial charge in [-0.05, 0) is 32.9 Å². The van der Waals surface area contributed by atoms with Gasteiger partial charge in [0.25, 0.3) is 11.8 Å². The summed E-state index contributed by atoms with van der Waals surface area (Å²) in [6, 6.07) is 6.34. The molecular weight excluding hydrogens is 298 g/mol. The van der Waals surface area contributed by atoms with Crippen molar-refractivity contribution in [1.29, 1.82) is 0 Å². The number of fused-ring (bicyclic) bond motifs is 1. The Bertz CT molecular complexity index is 787. The summed E-state index contributed by atoms with van der Waals surface area (Å²) in [5, 5.41) is 0.512. The number of benzene rings is 1. The molecule has 1 aromatic carbocycles. The largest absolute Gasteiger partial charge is 0.358 e. The molecule has 0 saturated carbocycles. The van der Waals surface area contributed by atoms with E-state index in [1.54, 1.807) is 43.7 Å². The van der Waals surface area contributed by atoms with Gasteiger partial charge < -0.3 is 9.40 Å². The molecule has 0 saturated heterocycles. The Morgan fingerprint density at radius 2 is 1.70 bits per heavy atom. The third-order valence-electron chi connectivity index (χ3n) is 3.79. The predicted octanol–water partition coefficient (Wildman–Crippen LogP) is 1.68. The Hall–Kier alpha value is -2.96. The Balaban J connectivity index is 1.84. The highest BCUT2D eigenvalue weighted by atomic mass is 16.7. The fraction of sp³-hybridized carbons (Fsp3) is 0.250. The number of rotatable bonds is 3. The lowest BCUT2D eigenvalue weighted by Gasteiger charge is -2.25. The van der Waals surface area contributed by atoms with Crippen LogP contribution >= 0.6 is 0 Å². The highest BCUT2D eigenvalue weighted by Gasteiger charge is 2.42. The second-order valence-corrected chi connectivity index (χ2v) is 5.81. The maximum Gasteiger partial charge on any atom is 0.358 e. The number of aromatic nitrogens is 2. The highest BCUT2D eigenvalue weighted by molar-refractivity contribution is 6.20. The quantitative estimate of drug-likeness (QED) is 0.805. The van der Waals surface area contributed by atoms with E-state index in [0.717, 1.165) is 5.69 Å².